The van der Waals surface area contributed by atoms with Crippen LogP contribution < -0.4 is 4.31 Å². The molecule has 0 saturated heterocycles. The quantitative estimate of drug-likeness (QED) is 0.870. The Balaban J connectivity index is 2.17. The third kappa shape index (κ3) is 2.72. The van der Waals surface area contributed by atoms with Crippen LogP contribution in [0.2, 0.25) is 0 Å². The second-order valence-electron chi connectivity index (χ2n) is 5.15. The molecule has 0 radical (unpaired) electrons. The largest absolute Gasteiger partial charge is 0.238 e. The SMILES string of the molecule is CS(=O)(=O)N(C1=CCCc2ccccc21)c1ccccc1. The normalized spacial score (nSPS) is 14.2. The maximum absolute atomic E-state index is 12.3. The fraction of sp³-hybridized carbons (Fsp3) is 0.176. The van der Waals surface area contributed by atoms with Crippen LogP contribution >= 0.6 is 0 Å². The molecule has 0 bridgehead atoms. The zero-order valence-electron chi connectivity index (χ0n) is 11.9. The van der Waals surface area contributed by atoms with Crippen molar-refractivity contribution in [2.75, 3.05) is 10.6 Å². The van der Waals surface area contributed by atoms with Crippen molar-refractivity contribution in [3.63, 3.8) is 0 Å². The summed E-state index contributed by atoms with van der Waals surface area (Å²) in [5.74, 6) is 0. The lowest BCUT2D eigenvalue weighted by Gasteiger charge is -2.29. The van der Waals surface area contributed by atoms with E-state index < -0.39 is 10.0 Å². The fourth-order valence-electron chi connectivity index (χ4n) is 2.73. The maximum Gasteiger partial charge on any atom is 0.236 e. The third-order valence-electron chi connectivity index (χ3n) is 3.59. The Morgan fingerprint density at radius 2 is 1.62 bits per heavy atom. The zero-order valence-corrected chi connectivity index (χ0v) is 12.7. The molecule has 0 spiro atoms. The fourth-order valence-corrected chi connectivity index (χ4v) is 3.76. The molecule has 2 aromatic rings. The Labute approximate surface area is 125 Å². The molecule has 0 amide bonds. The third-order valence-corrected chi connectivity index (χ3v) is 4.66. The molecule has 0 unspecified atom stereocenters. The van der Waals surface area contributed by atoms with Gasteiger partial charge < -0.3 is 0 Å². The van der Waals surface area contributed by atoms with Crippen LogP contribution in [-0.2, 0) is 16.4 Å². The second-order valence-corrected chi connectivity index (χ2v) is 6.98. The van der Waals surface area contributed by atoms with E-state index in [0.29, 0.717) is 5.69 Å². The van der Waals surface area contributed by atoms with E-state index in [0.717, 1.165) is 24.1 Å². The highest BCUT2D eigenvalue weighted by Crippen LogP contribution is 2.34. The minimum atomic E-state index is -3.40. The smallest absolute Gasteiger partial charge is 0.236 e. The molecule has 2 aromatic carbocycles. The second kappa shape index (κ2) is 5.37. The van der Waals surface area contributed by atoms with E-state index in [1.165, 1.54) is 16.1 Å². The van der Waals surface area contributed by atoms with Crippen molar-refractivity contribution in [2.24, 2.45) is 0 Å². The average molecular weight is 299 g/mol. The standard InChI is InChI=1S/C17H17NO2S/c1-21(19,20)18(15-10-3-2-4-11-15)17-13-7-9-14-8-5-6-12-16(14)17/h2-6,8,10-13H,7,9H2,1H3. The van der Waals surface area contributed by atoms with Gasteiger partial charge in [-0.2, -0.15) is 0 Å². The summed E-state index contributed by atoms with van der Waals surface area (Å²) in [5.41, 5.74) is 3.62. The number of hydrogen-bond acceptors (Lipinski definition) is 2. The number of aryl methyl sites for hydroxylation is 1. The van der Waals surface area contributed by atoms with Gasteiger partial charge in [-0.1, -0.05) is 48.5 Å². The number of hydrogen-bond donors (Lipinski definition) is 0. The first-order valence-electron chi connectivity index (χ1n) is 6.91. The van der Waals surface area contributed by atoms with E-state index in [-0.39, 0.29) is 0 Å². The highest BCUT2D eigenvalue weighted by molar-refractivity contribution is 7.92. The summed E-state index contributed by atoms with van der Waals surface area (Å²) in [7, 11) is -3.40. The monoisotopic (exact) mass is 299 g/mol. The summed E-state index contributed by atoms with van der Waals surface area (Å²) in [4.78, 5) is 0. The number of allylic oxidation sites excluding steroid dienone is 1. The minimum absolute atomic E-state index is 0.669. The minimum Gasteiger partial charge on any atom is -0.238 e. The van der Waals surface area contributed by atoms with E-state index >= 15 is 0 Å². The van der Waals surface area contributed by atoms with Crippen molar-refractivity contribution in [1.29, 1.82) is 0 Å². The van der Waals surface area contributed by atoms with Crippen LogP contribution in [0.25, 0.3) is 5.70 Å². The van der Waals surface area contributed by atoms with Crippen molar-refractivity contribution in [2.45, 2.75) is 12.8 Å². The van der Waals surface area contributed by atoms with Crippen LogP contribution in [0.15, 0.2) is 60.7 Å². The lowest BCUT2D eigenvalue weighted by molar-refractivity contribution is 0.602. The van der Waals surface area contributed by atoms with Crippen LogP contribution in [0, 0.1) is 0 Å². The highest BCUT2D eigenvalue weighted by Gasteiger charge is 2.25. The van der Waals surface area contributed by atoms with Gasteiger partial charge in [0.15, 0.2) is 0 Å². The van der Waals surface area contributed by atoms with E-state index in [4.69, 9.17) is 0 Å². The molecule has 108 valence electrons. The van der Waals surface area contributed by atoms with Crippen LogP contribution in [0.1, 0.15) is 17.5 Å². The van der Waals surface area contributed by atoms with Gasteiger partial charge in [0.2, 0.25) is 10.0 Å². The topological polar surface area (TPSA) is 37.4 Å². The Kier molecular flexibility index (Phi) is 3.55. The van der Waals surface area contributed by atoms with Gasteiger partial charge in [-0.05, 0) is 30.5 Å². The van der Waals surface area contributed by atoms with Gasteiger partial charge in [-0.3, -0.25) is 0 Å². The molecule has 0 saturated carbocycles. The van der Waals surface area contributed by atoms with Gasteiger partial charge in [0.1, 0.15) is 0 Å². The van der Waals surface area contributed by atoms with Crippen LogP contribution in [-0.4, -0.2) is 14.7 Å². The van der Waals surface area contributed by atoms with Gasteiger partial charge in [0.05, 0.1) is 17.6 Å². The number of anilines is 1. The maximum atomic E-state index is 12.3. The lowest BCUT2D eigenvalue weighted by Crippen LogP contribution is -2.29. The van der Waals surface area contributed by atoms with Gasteiger partial charge >= 0.3 is 0 Å². The number of sulfonamides is 1. The summed E-state index contributed by atoms with van der Waals surface area (Å²) in [5, 5.41) is 0. The molecule has 1 aliphatic carbocycles. The molecular weight excluding hydrogens is 282 g/mol. The van der Waals surface area contributed by atoms with Crippen molar-refractivity contribution in [3.8, 4) is 0 Å². The number of benzene rings is 2. The van der Waals surface area contributed by atoms with Gasteiger partial charge in [0.25, 0.3) is 0 Å². The molecular formula is C17H17NO2S. The summed E-state index contributed by atoms with van der Waals surface area (Å²) >= 11 is 0. The van der Waals surface area contributed by atoms with Gasteiger partial charge in [0, 0.05) is 5.56 Å². The van der Waals surface area contributed by atoms with Crippen molar-refractivity contribution < 1.29 is 8.42 Å². The van der Waals surface area contributed by atoms with Gasteiger partial charge in [-0.25, -0.2) is 12.7 Å². The molecule has 0 aromatic heterocycles. The first-order chi connectivity index (χ1) is 10.1. The van der Waals surface area contributed by atoms with E-state index in [9.17, 15) is 8.42 Å². The molecule has 1 aliphatic rings. The first kappa shape index (κ1) is 13.9. The van der Waals surface area contributed by atoms with Crippen molar-refractivity contribution in [3.05, 3.63) is 71.8 Å². The predicted octanol–water partition coefficient (Wildman–Crippen LogP) is 3.44. The van der Waals surface area contributed by atoms with Gasteiger partial charge in [-0.15, -0.1) is 0 Å². The molecule has 3 nitrogen and oxygen atoms in total. The van der Waals surface area contributed by atoms with E-state index in [1.54, 1.807) is 0 Å². The molecule has 4 heteroatoms. The number of para-hydroxylation sites is 1. The Bertz CT molecular complexity index is 779. The molecule has 0 aliphatic heterocycles. The zero-order chi connectivity index (χ0) is 14.9. The highest BCUT2D eigenvalue weighted by atomic mass is 32.2. The molecule has 3 rings (SSSR count). The van der Waals surface area contributed by atoms with E-state index in [2.05, 4.69) is 6.07 Å². The van der Waals surface area contributed by atoms with Crippen LogP contribution in [0.3, 0.4) is 0 Å². The summed E-state index contributed by atoms with van der Waals surface area (Å²) in [6, 6.07) is 17.2. The Morgan fingerprint density at radius 3 is 2.33 bits per heavy atom. The Hall–Kier alpha value is -2.07. The Morgan fingerprint density at radius 1 is 0.952 bits per heavy atom. The lowest BCUT2D eigenvalue weighted by atomic mass is 9.94. The number of rotatable bonds is 3. The molecule has 0 fully saturated rings. The van der Waals surface area contributed by atoms with Crippen molar-refractivity contribution in [1.82, 2.24) is 0 Å². The number of fused-ring (bicyclic) bond motifs is 1. The first-order valence-corrected chi connectivity index (χ1v) is 8.76. The number of nitrogens with zero attached hydrogens (tertiary/aromatic N) is 1. The summed E-state index contributed by atoms with van der Waals surface area (Å²) in [6.45, 7) is 0. The molecule has 0 N–H and O–H groups in total. The predicted molar refractivity (Wildman–Crippen MR) is 86.5 cm³/mol. The van der Waals surface area contributed by atoms with Crippen molar-refractivity contribution >= 4 is 21.4 Å². The summed E-state index contributed by atoms with van der Waals surface area (Å²) < 4.78 is 26.1. The molecule has 21 heavy (non-hydrogen) atoms. The van der Waals surface area contributed by atoms with Crippen LogP contribution in [0.4, 0.5) is 5.69 Å². The molecule has 0 atom stereocenters. The average Bonchev–Trinajstić information content (AvgIpc) is 2.47. The summed E-state index contributed by atoms with van der Waals surface area (Å²) in [6.07, 6.45) is 5.06. The molecule has 0 heterocycles. The van der Waals surface area contributed by atoms with Crippen LogP contribution in [0.5, 0.6) is 0 Å². The van der Waals surface area contributed by atoms with E-state index in [1.807, 2.05) is 54.6 Å².